The molecular weight excluding hydrogens is 258 g/mol. The van der Waals surface area contributed by atoms with Crippen LogP contribution < -0.4 is 5.32 Å². The topological polar surface area (TPSA) is 30.5 Å². The van der Waals surface area contributed by atoms with E-state index in [-0.39, 0.29) is 5.60 Å². The highest BCUT2D eigenvalue weighted by atomic mass is 32.2. The minimum Gasteiger partial charge on any atom is -0.381 e. The van der Waals surface area contributed by atoms with Crippen LogP contribution in [-0.4, -0.2) is 49.0 Å². The highest BCUT2D eigenvalue weighted by Crippen LogP contribution is 2.35. The van der Waals surface area contributed by atoms with E-state index in [1.54, 1.807) is 0 Å². The van der Waals surface area contributed by atoms with Gasteiger partial charge in [0.1, 0.15) is 0 Å². The van der Waals surface area contributed by atoms with Crippen molar-refractivity contribution in [3.63, 3.8) is 0 Å². The normalized spacial score (nSPS) is 38.7. The smallest absolute Gasteiger partial charge is 0.0741 e. The van der Waals surface area contributed by atoms with Crippen molar-refractivity contribution in [2.45, 2.75) is 67.9 Å². The van der Waals surface area contributed by atoms with Crippen molar-refractivity contribution in [2.24, 2.45) is 0 Å². The van der Waals surface area contributed by atoms with Gasteiger partial charge in [-0.1, -0.05) is 0 Å². The molecule has 1 spiro atoms. The second kappa shape index (κ2) is 6.33. The summed E-state index contributed by atoms with van der Waals surface area (Å²) in [6.45, 7) is 2.69. The van der Waals surface area contributed by atoms with Gasteiger partial charge in [0.2, 0.25) is 0 Å². The lowest BCUT2D eigenvalue weighted by Gasteiger charge is -2.44. The van der Waals surface area contributed by atoms with Crippen LogP contribution in [0.2, 0.25) is 0 Å². The number of ether oxygens (including phenoxy) is 2. The first-order chi connectivity index (χ1) is 9.30. The lowest BCUT2D eigenvalue weighted by Crippen LogP contribution is -2.51. The molecule has 1 N–H and O–H groups in total. The van der Waals surface area contributed by atoms with Gasteiger partial charge in [0.15, 0.2) is 0 Å². The average Bonchev–Trinajstić information content (AvgIpc) is 2.87. The van der Waals surface area contributed by atoms with Gasteiger partial charge in [0.25, 0.3) is 0 Å². The van der Waals surface area contributed by atoms with E-state index in [2.05, 4.69) is 11.6 Å². The first kappa shape index (κ1) is 14.2. The fraction of sp³-hybridized carbons (Fsp3) is 1.00. The summed E-state index contributed by atoms with van der Waals surface area (Å²) in [5.41, 5.74) is 0.131. The van der Waals surface area contributed by atoms with E-state index in [1.165, 1.54) is 32.1 Å². The van der Waals surface area contributed by atoms with E-state index in [1.807, 2.05) is 11.8 Å². The van der Waals surface area contributed by atoms with Crippen molar-refractivity contribution in [2.75, 3.05) is 26.1 Å². The van der Waals surface area contributed by atoms with Gasteiger partial charge in [-0.25, -0.2) is 0 Å². The number of hydrogen-bond acceptors (Lipinski definition) is 4. The van der Waals surface area contributed by atoms with E-state index >= 15 is 0 Å². The largest absolute Gasteiger partial charge is 0.381 e. The molecule has 2 aliphatic heterocycles. The monoisotopic (exact) mass is 285 g/mol. The molecule has 3 atom stereocenters. The third-order valence-electron chi connectivity index (χ3n) is 5.09. The highest BCUT2D eigenvalue weighted by molar-refractivity contribution is 7.99. The Morgan fingerprint density at radius 3 is 2.63 bits per heavy atom. The van der Waals surface area contributed by atoms with Crippen molar-refractivity contribution >= 4 is 11.8 Å². The molecule has 0 radical (unpaired) electrons. The van der Waals surface area contributed by atoms with Gasteiger partial charge in [0.05, 0.1) is 5.60 Å². The average molecular weight is 285 g/mol. The van der Waals surface area contributed by atoms with Crippen molar-refractivity contribution in [1.29, 1.82) is 0 Å². The quantitative estimate of drug-likeness (QED) is 0.863. The molecule has 2 heterocycles. The first-order valence-electron chi connectivity index (χ1n) is 7.80. The zero-order valence-corrected chi connectivity index (χ0v) is 12.8. The van der Waals surface area contributed by atoms with Crippen molar-refractivity contribution in [1.82, 2.24) is 5.32 Å². The number of hydrogen-bond donors (Lipinski definition) is 1. The lowest BCUT2D eigenvalue weighted by atomic mass is 9.84. The molecule has 0 amide bonds. The van der Waals surface area contributed by atoms with Crippen LogP contribution in [0.1, 0.15) is 44.9 Å². The van der Waals surface area contributed by atoms with E-state index in [4.69, 9.17) is 9.47 Å². The van der Waals surface area contributed by atoms with Crippen LogP contribution in [-0.2, 0) is 9.47 Å². The predicted molar refractivity (Wildman–Crippen MR) is 79.8 cm³/mol. The molecule has 1 aliphatic carbocycles. The summed E-state index contributed by atoms with van der Waals surface area (Å²) < 4.78 is 11.6. The first-order valence-corrected chi connectivity index (χ1v) is 9.09. The molecule has 3 rings (SSSR count). The molecule has 0 aromatic rings. The zero-order valence-electron chi connectivity index (χ0n) is 12.0. The Morgan fingerprint density at radius 1 is 1.05 bits per heavy atom. The van der Waals surface area contributed by atoms with Crippen LogP contribution in [0.3, 0.4) is 0 Å². The summed E-state index contributed by atoms with van der Waals surface area (Å²) in [7, 11) is 0. The predicted octanol–water partition coefficient (Wildman–Crippen LogP) is 2.59. The Balaban J connectivity index is 1.51. The van der Waals surface area contributed by atoms with E-state index in [0.29, 0.717) is 6.04 Å². The number of nitrogens with one attached hydrogen (secondary N) is 1. The molecule has 19 heavy (non-hydrogen) atoms. The molecule has 3 fully saturated rings. The van der Waals surface area contributed by atoms with E-state index < -0.39 is 0 Å². The Labute approximate surface area is 121 Å². The molecule has 3 unspecified atom stereocenters. The lowest BCUT2D eigenvalue weighted by molar-refractivity contribution is -0.140. The van der Waals surface area contributed by atoms with Gasteiger partial charge >= 0.3 is 0 Å². The molecule has 0 aromatic heterocycles. The summed E-state index contributed by atoms with van der Waals surface area (Å²) in [4.78, 5) is 0. The molecule has 0 aromatic carbocycles. The summed E-state index contributed by atoms with van der Waals surface area (Å²) >= 11 is 2.04. The standard InChI is InChI=1S/C15H27NO2S/c1-19-14-3-2-12(10-14)16-13-4-7-18-15(11-13)5-8-17-9-6-15/h12-14,16H,2-11H2,1H3. The van der Waals surface area contributed by atoms with Gasteiger partial charge in [-0.05, 0) is 51.2 Å². The molecule has 110 valence electrons. The van der Waals surface area contributed by atoms with E-state index in [9.17, 15) is 0 Å². The zero-order chi connectivity index (χ0) is 13.1. The van der Waals surface area contributed by atoms with E-state index in [0.717, 1.165) is 44.0 Å². The fourth-order valence-corrected chi connectivity index (χ4v) is 4.70. The van der Waals surface area contributed by atoms with Gasteiger partial charge in [-0.3, -0.25) is 0 Å². The van der Waals surface area contributed by atoms with Crippen molar-refractivity contribution in [3.8, 4) is 0 Å². The third kappa shape index (κ3) is 3.46. The highest BCUT2D eigenvalue weighted by Gasteiger charge is 2.39. The summed E-state index contributed by atoms with van der Waals surface area (Å²) in [6, 6.07) is 1.41. The number of rotatable bonds is 3. The Kier molecular flexibility index (Phi) is 4.73. The Bertz CT molecular complexity index is 288. The maximum Gasteiger partial charge on any atom is 0.0741 e. The Morgan fingerprint density at radius 2 is 1.89 bits per heavy atom. The minimum absolute atomic E-state index is 0.131. The van der Waals surface area contributed by atoms with Crippen molar-refractivity contribution < 1.29 is 9.47 Å². The van der Waals surface area contributed by atoms with Crippen LogP contribution in [0.5, 0.6) is 0 Å². The molecular formula is C15H27NO2S. The van der Waals surface area contributed by atoms with Gasteiger partial charge < -0.3 is 14.8 Å². The van der Waals surface area contributed by atoms with Crippen LogP contribution in [0, 0.1) is 0 Å². The summed E-state index contributed by atoms with van der Waals surface area (Å²) in [5, 5.41) is 4.80. The van der Waals surface area contributed by atoms with Crippen LogP contribution >= 0.6 is 11.8 Å². The molecule has 3 aliphatic rings. The minimum atomic E-state index is 0.131. The molecule has 2 saturated heterocycles. The molecule has 4 heteroatoms. The second-order valence-corrected chi connectivity index (χ2v) is 7.51. The molecule has 0 bridgehead atoms. The Hall–Kier alpha value is 0.230. The SMILES string of the molecule is CSC1CCC(NC2CCOC3(CCOCC3)C2)C1. The van der Waals surface area contributed by atoms with Gasteiger partial charge in [-0.2, -0.15) is 11.8 Å². The van der Waals surface area contributed by atoms with Crippen molar-refractivity contribution in [3.05, 3.63) is 0 Å². The summed E-state index contributed by atoms with van der Waals surface area (Å²) in [6.07, 6.45) is 10.9. The van der Waals surface area contributed by atoms with Gasteiger partial charge in [-0.15, -0.1) is 0 Å². The van der Waals surface area contributed by atoms with Crippen LogP contribution in [0.15, 0.2) is 0 Å². The summed E-state index contributed by atoms with van der Waals surface area (Å²) in [5.74, 6) is 0. The maximum absolute atomic E-state index is 6.12. The van der Waals surface area contributed by atoms with Gasteiger partial charge in [0, 0.05) is 37.2 Å². The van der Waals surface area contributed by atoms with Crippen LogP contribution in [0.4, 0.5) is 0 Å². The van der Waals surface area contributed by atoms with Crippen LogP contribution in [0.25, 0.3) is 0 Å². The second-order valence-electron chi connectivity index (χ2n) is 6.37. The third-order valence-corrected chi connectivity index (χ3v) is 6.18. The molecule has 3 nitrogen and oxygen atoms in total. The molecule has 1 saturated carbocycles. The number of thioether (sulfide) groups is 1. The fourth-order valence-electron chi connectivity index (χ4n) is 3.90. The maximum atomic E-state index is 6.12.